The van der Waals surface area contributed by atoms with Crippen molar-refractivity contribution in [1.29, 1.82) is 0 Å². The van der Waals surface area contributed by atoms with Crippen molar-refractivity contribution in [3.8, 4) is 5.69 Å². The lowest BCUT2D eigenvalue weighted by Crippen LogP contribution is -2.27. The number of rotatable bonds is 5. The first-order valence-corrected chi connectivity index (χ1v) is 10.8. The third-order valence-electron chi connectivity index (χ3n) is 4.39. The van der Waals surface area contributed by atoms with Crippen LogP contribution in [0.2, 0.25) is 0 Å². The summed E-state index contributed by atoms with van der Waals surface area (Å²) < 4.78 is 28.3. The highest BCUT2D eigenvalue weighted by molar-refractivity contribution is 7.99. The maximum absolute atomic E-state index is 12.6. The van der Waals surface area contributed by atoms with Gasteiger partial charge in [0.25, 0.3) is 0 Å². The zero-order chi connectivity index (χ0) is 18.9. The van der Waals surface area contributed by atoms with Gasteiger partial charge in [0.15, 0.2) is 0 Å². The first-order valence-electron chi connectivity index (χ1n) is 8.54. The van der Waals surface area contributed by atoms with E-state index in [9.17, 15) is 8.42 Å². The maximum atomic E-state index is 12.6. The molecule has 1 aromatic carbocycles. The Bertz CT molecular complexity index is 1040. The lowest BCUT2D eigenvalue weighted by molar-refractivity contribution is 0.477. The molecule has 0 atom stereocenters. The topological polar surface area (TPSA) is 93.9 Å². The van der Waals surface area contributed by atoms with Gasteiger partial charge in [-0.25, -0.2) is 13.4 Å². The molecule has 1 aliphatic rings. The van der Waals surface area contributed by atoms with Crippen LogP contribution in [0, 0.1) is 6.92 Å². The van der Waals surface area contributed by atoms with Crippen molar-refractivity contribution in [2.75, 3.05) is 13.1 Å². The van der Waals surface area contributed by atoms with Gasteiger partial charge >= 0.3 is 0 Å². The van der Waals surface area contributed by atoms with Crippen LogP contribution in [0.3, 0.4) is 0 Å². The first-order chi connectivity index (χ1) is 13.1. The van der Waals surface area contributed by atoms with Crippen LogP contribution in [0.1, 0.15) is 18.4 Å². The Morgan fingerprint density at radius 2 is 1.85 bits per heavy atom. The van der Waals surface area contributed by atoms with Gasteiger partial charge in [-0.1, -0.05) is 18.2 Å². The number of sulfonamides is 1. The number of aryl methyl sites for hydroxylation is 1. The predicted octanol–water partition coefficient (Wildman–Crippen LogP) is 2.30. The minimum atomic E-state index is -3.46. The average molecular weight is 403 g/mol. The van der Waals surface area contributed by atoms with Gasteiger partial charge in [0.2, 0.25) is 15.2 Å². The summed E-state index contributed by atoms with van der Waals surface area (Å²) in [5, 5.41) is 13.1. The molecular weight excluding hydrogens is 384 g/mol. The molecule has 27 heavy (non-hydrogen) atoms. The fraction of sp³-hybridized carbons (Fsp3) is 0.294. The van der Waals surface area contributed by atoms with Gasteiger partial charge < -0.3 is 0 Å². The normalized spacial score (nSPS) is 15.3. The molecule has 140 valence electrons. The van der Waals surface area contributed by atoms with Crippen molar-refractivity contribution in [3.05, 3.63) is 48.2 Å². The fourth-order valence-corrected chi connectivity index (χ4v) is 5.14. The molecule has 1 fully saturated rings. The molecule has 10 heteroatoms. The molecule has 2 aromatic heterocycles. The van der Waals surface area contributed by atoms with E-state index in [0.29, 0.717) is 23.3 Å². The van der Waals surface area contributed by atoms with Crippen molar-refractivity contribution in [2.45, 2.75) is 34.8 Å². The fourth-order valence-electron chi connectivity index (χ4n) is 2.95. The lowest BCUT2D eigenvalue weighted by atomic mass is 10.2. The molecule has 0 saturated carbocycles. The van der Waals surface area contributed by atoms with Gasteiger partial charge in [-0.05, 0) is 65.7 Å². The summed E-state index contributed by atoms with van der Waals surface area (Å²) in [6.07, 6.45) is 3.21. The van der Waals surface area contributed by atoms with E-state index in [2.05, 4.69) is 20.5 Å². The van der Waals surface area contributed by atoms with Crippen LogP contribution in [0.5, 0.6) is 0 Å². The average Bonchev–Trinajstić information content (AvgIpc) is 3.35. The van der Waals surface area contributed by atoms with Crippen LogP contribution in [0.25, 0.3) is 5.69 Å². The summed E-state index contributed by atoms with van der Waals surface area (Å²) in [4.78, 5) is 4.51. The third-order valence-corrected chi connectivity index (χ3v) is 7.16. The van der Waals surface area contributed by atoms with Crippen molar-refractivity contribution in [3.63, 3.8) is 0 Å². The highest BCUT2D eigenvalue weighted by Crippen LogP contribution is 2.28. The summed E-state index contributed by atoms with van der Waals surface area (Å²) in [5.74, 6) is 0. The number of tetrazole rings is 1. The quantitative estimate of drug-likeness (QED) is 0.646. The van der Waals surface area contributed by atoms with E-state index in [1.807, 2.05) is 31.2 Å². The van der Waals surface area contributed by atoms with E-state index in [-0.39, 0.29) is 4.90 Å². The second-order valence-corrected chi connectivity index (χ2v) is 9.13. The van der Waals surface area contributed by atoms with Gasteiger partial charge in [-0.2, -0.15) is 8.99 Å². The molecule has 4 rings (SSSR count). The Morgan fingerprint density at radius 1 is 1.07 bits per heavy atom. The number of benzene rings is 1. The van der Waals surface area contributed by atoms with Crippen LogP contribution in [-0.2, 0) is 10.0 Å². The zero-order valence-corrected chi connectivity index (χ0v) is 16.3. The van der Waals surface area contributed by atoms with E-state index in [1.54, 1.807) is 16.8 Å². The van der Waals surface area contributed by atoms with E-state index in [4.69, 9.17) is 0 Å². The summed E-state index contributed by atoms with van der Waals surface area (Å²) in [5.41, 5.74) is 1.94. The van der Waals surface area contributed by atoms with Gasteiger partial charge in [0.1, 0.15) is 9.92 Å². The third kappa shape index (κ3) is 3.60. The number of hydrogen-bond acceptors (Lipinski definition) is 7. The molecule has 0 N–H and O–H groups in total. The number of para-hydroxylation sites is 1. The summed E-state index contributed by atoms with van der Waals surface area (Å²) in [6.45, 7) is 3.13. The number of hydrogen-bond donors (Lipinski definition) is 0. The van der Waals surface area contributed by atoms with Crippen LogP contribution in [0.4, 0.5) is 0 Å². The number of nitrogens with zero attached hydrogens (tertiary/aromatic N) is 6. The van der Waals surface area contributed by atoms with Gasteiger partial charge in [0, 0.05) is 19.3 Å². The van der Waals surface area contributed by atoms with Crippen molar-refractivity contribution in [2.24, 2.45) is 0 Å². The predicted molar refractivity (Wildman–Crippen MR) is 100 cm³/mol. The van der Waals surface area contributed by atoms with Gasteiger partial charge in [0.05, 0.1) is 5.69 Å². The van der Waals surface area contributed by atoms with Crippen LogP contribution in [-0.4, -0.2) is 51.0 Å². The highest BCUT2D eigenvalue weighted by Gasteiger charge is 2.27. The van der Waals surface area contributed by atoms with Crippen LogP contribution >= 0.6 is 11.8 Å². The minimum absolute atomic E-state index is 0.215. The number of aromatic nitrogens is 5. The lowest BCUT2D eigenvalue weighted by Gasteiger charge is -2.15. The van der Waals surface area contributed by atoms with E-state index >= 15 is 0 Å². The van der Waals surface area contributed by atoms with Crippen molar-refractivity contribution >= 4 is 21.8 Å². The standard InChI is InChI=1S/C17H18N6O2S2/c1-13-6-2-3-7-15(13)23-17(19-20-21-23)26-16-9-8-14(12-18-16)27(24,25)22-10-4-5-11-22/h2-3,6-9,12H,4-5,10-11H2,1H3. The molecule has 0 radical (unpaired) electrons. The molecule has 0 unspecified atom stereocenters. The molecule has 0 bridgehead atoms. The Morgan fingerprint density at radius 3 is 2.56 bits per heavy atom. The molecule has 0 aliphatic carbocycles. The summed E-state index contributed by atoms with van der Waals surface area (Å²) in [6, 6.07) is 11.1. The Kier molecular flexibility index (Phi) is 4.94. The molecule has 0 spiro atoms. The Balaban J connectivity index is 1.57. The molecule has 0 amide bonds. The van der Waals surface area contributed by atoms with Crippen LogP contribution < -0.4 is 0 Å². The Hall–Kier alpha value is -2.30. The highest BCUT2D eigenvalue weighted by atomic mass is 32.2. The molecule has 8 nitrogen and oxygen atoms in total. The first kappa shape index (κ1) is 18.1. The molecule has 3 aromatic rings. The van der Waals surface area contributed by atoms with E-state index in [1.165, 1.54) is 22.3 Å². The van der Waals surface area contributed by atoms with Crippen molar-refractivity contribution < 1.29 is 8.42 Å². The largest absolute Gasteiger partial charge is 0.248 e. The minimum Gasteiger partial charge on any atom is -0.248 e. The van der Waals surface area contributed by atoms with E-state index < -0.39 is 10.0 Å². The smallest absolute Gasteiger partial charge is 0.244 e. The molecular formula is C17H18N6O2S2. The van der Waals surface area contributed by atoms with Gasteiger partial charge in [-0.15, -0.1) is 5.10 Å². The van der Waals surface area contributed by atoms with Gasteiger partial charge in [-0.3, -0.25) is 0 Å². The monoisotopic (exact) mass is 402 g/mol. The second-order valence-electron chi connectivity index (χ2n) is 6.21. The molecule has 1 saturated heterocycles. The molecule has 1 aliphatic heterocycles. The molecule has 3 heterocycles. The second kappa shape index (κ2) is 7.37. The zero-order valence-electron chi connectivity index (χ0n) is 14.7. The van der Waals surface area contributed by atoms with Crippen LogP contribution in [0.15, 0.2) is 57.7 Å². The summed E-state index contributed by atoms with van der Waals surface area (Å²) in [7, 11) is -3.46. The van der Waals surface area contributed by atoms with E-state index in [0.717, 1.165) is 24.1 Å². The summed E-state index contributed by atoms with van der Waals surface area (Å²) >= 11 is 1.28. The van der Waals surface area contributed by atoms with Crippen molar-refractivity contribution in [1.82, 2.24) is 29.5 Å². The maximum Gasteiger partial charge on any atom is 0.244 e. The SMILES string of the molecule is Cc1ccccc1-n1nnnc1Sc1ccc(S(=O)(=O)N2CCCC2)cn1. The Labute approximate surface area is 161 Å². The number of pyridine rings is 1.